The topological polar surface area (TPSA) is 37.3 Å². The zero-order valence-electron chi connectivity index (χ0n) is 6.14. The van der Waals surface area contributed by atoms with Crippen LogP contribution >= 0.6 is 0 Å². The smallest absolute Gasteiger partial charge is 0.159 e. The SMILES string of the molecule is C#CC(C)(O)C(=C)C(C)=O. The minimum atomic E-state index is -1.49. The number of aliphatic hydroxyl groups is 1. The van der Waals surface area contributed by atoms with Gasteiger partial charge in [0.1, 0.15) is 0 Å². The van der Waals surface area contributed by atoms with Crippen molar-refractivity contribution in [2.24, 2.45) is 0 Å². The third kappa shape index (κ3) is 1.71. The lowest BCUT2D eigenvalue weighted by Crippen LogP contribution is -2.27. The number of rotatable bonds is 2. The molecule has 0 rings (SSSR count). The molecule has 0 aromatic carbocycles. The van der Waals surface area contributed by atoms with Crippen LogP contribution in [-0.2, 0) is 4.79 Å². The maximum absolute atomic E-state index is 10.6. The van der Waals surface area contributed by atoms with Gasteiger partial charge in [-0.3, -0.25) is 4.79 Å². The fourth-order valence-electron chi connectivity index (χ4n) is 0.430. The van der Waals surface area contributed by atoms with E-state index in [0.29, 0.717) is 0 Å². The maximum Gasteiger partial charge on any atom is 0.159 e. The van der Waals surface area contributed by atoms with E-state index in [-0.39, 0.29) is 11.4 Å². The Bertz CT molecular complexity index is 206. The molecule has 1 atom stereocenters. The van der Waals surface area contributed by atoms with Crippen LogP contribution in [0.15, 0.2) is 12.2 Å². The Morgan fingerprint density at radius 1 is 1.80 bits per heavy atom. The van der Waals surface area contributed by atoms with Crippen molar-refractivity contribution in [2.45, 2.75) is 19.4 Å². The molecule has 0 saturated carbocycles. The number of Topliss-reactive ketones (excluding diaryl/α,β-unsaturated/α-hetero) is 1. The van der Waals surface area contributed by atoms with Gasteiger partial charge >= 0.3 is 0 Å². The second kappa shape index (κ2) is 2.68. The maximum atomic E-state index is 10.6. The van der Waals surface area contributed by atoms with Crippen LogP contribution in [0.2, 0.25) is 0 Å². The second-order valence-electron chi connectivity index (χ2n) is 2.25. The van der Waals surface area contributed by atoms with E-state index in [1.165, 1.54) is 13.8 Å². The zero-order chi connectivity index (χ0) is 8.36. The summed E-state index contributed by atoms with van der Waals surface area (Å²) in [7, 11) is 0. The number of terminal acetylenes is 1. The molecule has 0 heterocycles. The van der Waals surface area contributed by atoms with Crippen LogP contribution in [0.3, 0.4) is 0 Å². The van der Waals surface area contributed by atoms with Crippen LogP contribution in [0.25, 0.3) is 0 Å². The molecule has 0 radical (unpaired) electrons. The third-order valence-electron chi connectivity index (χ3n) is 1.29. The van der Waals surface area contributed by atoms with E-state index in [4.69, 9.17) is 6.42 Å². The van der Waals surface area contributed by atoms with E-state index in [2.05, 4.69) is 12.5 Å². The van der Waals surface area contributed by atoms with Gasteiger partial charge in [-0.05, 0) is 13.8 Å². The van der Waals surface area contributed by atoms with E-state index in [0.717, 1.165) is 0 Å². The number of carbonyl (C=O) groups excluding carboxylic acids is 1. The Kier molecular flexibility index (Phi) is 2.39. The summed E-state index contributed by atoms with van der Waals surface area (Å²) in [5.74, 6) is 1.77. The molecule has 54 valence electrons. The van der Waals surface area contributed by atoms with Crippen LogP contribution in [0.4, 0.5) is 0 Å². The molecule has 2 heteroatoms. The lowest BCUT2D eigenvalue weighted by atomic mass is 9.96. The number of hydrogen-bond acceptors (Lipinski definition) is 2. The van der Waals surface area contributed by atoms with E-state index >= 15 is 0 Å². The summed E-state index contributed by atoms with van der Waals surface area (Å²) in [4.78, 5) is 10.6. The van der Waals surface area contributed by atoms with Crippen LogP contribution in [0, 0.1) is 12.3 Å². The van der Waals surface area contributed by atoms with Crippen molar-refractivity contribution in [3.63, 3.8) is 0 Å². The predicted molar refractivity (Wildman–Crippen MR) is 39.3 cm³/mol. The molecule has 1 N–H and O–H groups in total. The van der Waals surface area contributed by atoms with Gasteiger partial charge in [-0.2, -0.15) is 0 Å². The lowest BCUT2D eigenvalue weighted by molar-refractivity contribution is -0.114. The third-order valence-corrected chi connectivity index (χ3v) is 1.29. The van der Waals surface area contributed by atoms with Crippen molar-refractivity contribution in [2.75, 3.05) is 0 Å². The first-order valence-electron chi connectivity index (χ1n) is 2.82. The molecule has 0 aromatic rings. The standard InChI is InChI=1S/C8H10O2/c1-5-8(4,10)6(2)7(3)9/h1,10H,2H2,3-4H3. The van der Waals surface area contributed by atoms with Gasteiger partial charge in [0.05, 0.1) is 0 Å². The fraction of sp³-hybridized carbons (Fsp3) is 0.375. The van der Waals surface area contributed by atoms with Crippen molar-refractivity contribution in [1.82, 2.24) is 0 Å². The van der Waals surface area contributed by atoms with Gasteiger partial charge in [-0.1, -0.05) is 12.5 Å². The Morgan fingerprint density at radius 2 is 2.20 bits per heavy atom. The molecule has 0 aliphatic carbocycles. The molecular weight excluding hydrogens is 128 g/mol. The summed E-state index contributed by atoms with van der Waals surface area (Å²) >= 11 is 0. The minimum Gasteiger partial charge on any atom is -0.374 e. The number of hydrogen-bond donors (Lipinski definition) is 1. The van der Waals surface area contributed by atoms with Crippen LogP contribution in [0.1, 0.15) is 13.8 Å². The summed E-state index contributed by atoms with van der Waals surface area (Å²) in [5, 5.41) is 9.21. The first-order valence-corrected chi connectivity index (χ1v) is 2.82. The molecule has 1 unspecified atom stereocenters. The highest BCUT2D eigenvalue weighted by Gasteiger charge is 2.23. The second-order valence-corrected chi connectivity index (χ2v) is 2.25. The van der Waals surface area contributed by atoms with Gasteiger partial charge < -0.3 is 5.11 Å². The highest BCUT2D eigenvalue weighted by Crippen LogP contribution is 2.13. The molecule has 0 aliphatic rings. The molecule has 0 bridgehead atoms. The summed E-state index contributed by atoms with van der Waals surface area (Å²) < 4.78 is 0. The fourth-order valence-corrected chi connectivity index (χ4v) is 0.430. The monoisotopic (exact) mass is 138 g/mol. The highest BCUT2D eigenvalue weighted by atomic mass is 16.3. The summed E-state index contributed by atoms with van der Waals surface area (Å²) in [5.41, 5.74) is -1.44. The van der Waals surface area contributed by atoms with Gasteiger partial charge in [-0.15, -0.1) is 6.42 Å². The summed E-state index contributed by atoms with van der Waals surface area (Å²) in [6.45, 7) is 6.03. The average molecular weight is 138 g/mol. The summed E-state index contributed by atoms with van der Waals surface area (Å²) in [6, 6.07) is 0. The van der Waals surface area contributed by atoms with Crippen molar-refractivity contribution in [1.29, 1.82) is 0 Å². The molecule has 0 saturated heterocycles. The molecule has 0 spiro atoms. The van der Waals surface area contributed by atoms with Crippen molar-refractivity contribution in [3.05, 3.63) is 12.2 Å². The van der Waals surface area contributed by atoms with Crippen molar-refractivity contribution < 1.29 is 9.90 Å². The molecule has 10 heavy (non-hydrogen) atoms. The predicted octanol–water partition coefficient (Wildman–Crippen LogP) is 0.516. The number of carbonyl (C=O) groups is 1. The molecule has 0 aliphatic heterocycles. The van der Waals surface area contributed by atoms with E-state index in [1.807, 2.05) is 0 Å². The number of ketones is 1. The molecule has 0 fully saturated rings. The average Bonchev–Trinajstić information content (AvgIpc) is 1.86. The molecule has 2 nitrogen and oxygen atoms in total. The first-order chi connectivity index (χ1) is 4.41. The zero-order valence-corrected chi connectivity index (χ0v) is 6.14. The van der Waals surface area contributed by atoms with Gasteiger partial charge in [0, 0.05) is 5.57 Å². The molecule has 0 aromatic heterocycles. The lowest BCUT2D eigenvalue weighted by Gasteiger charge is -2.16. The van der Waals surface area contributed by atoms with Gasteiger partial charge in [0.25, 0.3) is 0 Å². The quantitative estimate of drug-likeness (QED) is 0.446. The van der Waals surface area contributed by atoms with Crippen LogP contribution in [-0.4, -0.2) is 16.5 Å². The largest absolute Gasteiger partial charge is 0.374 e. The minimum absolute atomic E-state index is 0.0509. The van der Waals surface area contributed by atoms with Crippen molar-refractivity contribution >= 4 is 5.78 Å². The van der Waals surface area contributed by atoms with Gasteiger partial charge in [-0.25, -0.2) is 0 Å². The first kappa shape index (κ1) is 8.93. The van der Waals surface area contributed by atoms with Gasteiger partial charge in [0.15, 0.2) is 11.4 Å². The molecular formula is C8H10O2. The van der Waals surface area contributed by atoms with Crippen LogP contribution < -0.4 is 0 Å². The van der Waals surface area contributed by atoms with E-state index in [1.54, 1.807) is 0 Å². The molecule has 0 amide bonds. The Morgan fingerprint density at radius 3 is 2.30 bits per heavy atom. The van der Waals surface area contributed by atoms with Gasteiger partial charge in [0.2, 0.25) is 0 Å². The Hall–Kier alpha value is -1.07. The Labute approximate surface area is 60.6 Å². The van der Waals surface area contributed by atoms with Crippen molar-refractivity contribution in [3.8, 4) is 12.3 Å². The Balaban J connectivity index is 4.54. The highest BCUT2D eigenvalue weighted by molar-refractivity contribution is 5.95. The van der Waals surface area contributed by atoms with E-state index < -0.39 is 5.60 Å². The van der Waals surface area contributed by atoms with Crippen LogP contribution in [0.5, 0.6) is 0 Å². The normalized spacial score (nSPS) is 15.0. The van der Waals surface area contributed by atoms with E-state index in [9.17, 15) is 9.90 Å². The summed E-state index contributed by atoms with van der Waals surface area (Å²) in [6.07, 6.45) is 4.93.